The Balaban J connectivity index is 1.60. The number of rotatable bonds is 0. The molecule has 4 fully saturated rings. The molecule has 0 aromatic carbocycles. The van der Waals surface area contributed by atoms with E-state index < -0.39 is 5.60 Å². The first kappa shape index (κ1) is 17.2. The fourth-order valence-electron chi connectivity index (χ4n) is 7.42. The van der Waals surface area contributed by atoms with E-state index in [1.165, 1.54) is 32.1 Å². The molecule has 0 bridgehead atoms. The number of halogens is 1. The molecule has 4 aliphatic carbocycles. The van der Waals surface area contributed by atoms with Gasteiger partial charge in [-0.2, -0.15) is 0 Å². The van der Waals surface area contributed by atoms with Gasteiger partial charge in [0, 0.05) is 5.38 Å². The van der Waals surface area contributed by atoms with Gasteiger partial charge in [-0.15, -0.1) is 0 Å². The average Bonchev–Trinajstić information content (AvgIpc) is 2.84. The van der Waals surface area contributed by atoms with E-state index in [4.69, 9.17) is 11.6 Å². The number of fused-ring (bicyclic) bond motifs is 5. The van der Waals surface area contributed by atoms with Crippen molar-refractivity contribution in [2.75, 3.05) is 0 Å². The summed E-state index contributed by atoms with van der Waals surface area (Å²) >= 11 is 5.59. The smallest absolute Gasteiger partial charge is 0.127 e. The zero-order chi connectivity index (χ0) is 17.2. The predicted octanol–water partition coefficient (Wildman–Crippen LogP) is 4.32. The van der Waals surface area contributed by atoms with Gasteiger partial charge in [-0.1, -0.05) is 19.8 Å². The molecule has 0 aromatic heterocycles. The molecule has 0 unspecified atom stereocenters. The highest BCUT2D eigenvalue weighted by molar-refractivity contribution is 6.30. The fourth-order valence-corrected chi connectivity index (χ4v) is 7.60. The lowest BCUT2D eigenvalue weighted by Gasteiger charge is -2.61. The van der Waals surface area contributed by atoms with Gasteiger partial charge in [-0.3, -0.25) is 0 Å². The van der Waals surface area contributed by atoms with Crippen LogP contribution >= 0.6 is 11.6 Å². The Morgan fingerprint density at radius 2 is 1.67 bits per heavy atom. The van der Waals surface area contributed by atoms with Crippen LogP contribution in [-0.4, -0.2) is 21.9 Å². The van der Waals surface area contributed by atoms with E-state index in [1.807, 2.05) is 0 Å². The third kappa shape index (κ3) is 2.31. The Bertz CT molecular complexity index is 580. The second-order valence-corrected chi connectivity index (χ2v) is 9.94. The molecule has 4 saturated carbocycles. The van der Waals surface area contributed by atoms with Crippen LogP contribution < -0.4 is 0 Å². The van der Waals surface area contributed by atoms with Crippen LogP contribution in [0.5, 0.6) is 0 Å². The summed E-state index contributed by atoms with van der Waals surface area (Å²) in [5, 5.41) is 23.7. The zero-order valence-corrected chi connectivity index (χ0v) is 15.8. The fraction of sp³-hybridized carbons (Fsp3) is 0.905. The van der Waals surface area contributed by atoms with Crippen LogP contribution in [0.1, 0.15) is 71.6 Å². The van der Waals surface area contributed by atoms with Gasteiger partial charge >= 0.3 is 0 Å². The molecule has 4 rings (SSSR count). The summed E-state index contributed by atoms with van der Waals surface area (Å²) in [5.74, 6) is 5.66. The molecule has 0 spiro atoms. The van der Waals surface area contributed by atoms with Crippen molar-refractivity contribution >= 4 is 11.6 Å². The van der Waals surface area contributed by atoms with Crippen LogP contribution in [0.3, 0.4) is 0 Å². The molecule has 2 nitrogen and oxygen atoms in total. The SMILES string of the molecule is C[C@]12CC[C@](O)(C#CCl)C[C@@H]1CC[C@H]1[C@H]3CC[C@H](O)[C@]3(C)CC[C@@H]12. The van der Waals surface area contributed by atoms with Crippen molar-refractivity contribution in [2.24, 2.45) is 34.5 Å². The van der Waals surface area contributed by atoms with Crippen molar-refractivity contribution in [3.8, 4) is 11.3 Å². The lowest BCUT2D eigenvalue weighted by atomic mass is 9.44. The Kier molecular flexibility index (Phi) is 4.04. The minimum Gasteiger partial charge on any atom is -0.393 e. The van der Waals surface area contributed by atoms with E-state index in [2.05, 4.69) is 25.1 Å². The minimum absolute atomic E-state index is 0.0931. The van der Waals surface area contributed by atoms with Gasteiger partial charge in [0.15, 0.2) is 0 Å². The lowest BCUT2D eigenvalue weighted by molar-refractivity contribution is -0.143. The highest BCUT2D eigenvalue weighted by Gasteiger charge is 2.61. The molecule has 0 aromatic rings. The van der Waals surface area contributed by atoms with Crippen LogP contribution in [0.2, 0.25) is 0 Å². The standard InChI is InChI=1S/C21H31ClO2/c1-19-9-10-21(24,11-12-22)13-14(19)3-4-15-16-5-6-18(23)20(16,2)8-7-17(15)19/h14-18,23-24H,3-10,13H2,1-2H3/t14-,15-,16+,17-,18-,19-,20+,21-/m0/s1. The van der Waals surface area contributed by atoms with Crippen molar-refractivity contribution in [3.05, 3.63) is 0 Å². The molecule has 3 heteroatoms. The molecule has 0 saturated heterocycles. The van der Waals surface area contributed by atoms with Gasteiger partial charge in [0.1, 0.15) is 5.60 Å². The normalized spacial score (nSPS) is 56.5. The van der Waals surface area contributed by atoms with Crippen LogP contribution in [-0.2, 0) is 0 Å². The molecular weight excluding hydrogens is 320 g/mol. The first-order chi connectivity index (χ1) is 11.3. The second-order valence-electron chi connectivity index (χ2n) is 9.75. The Morgan fingerprint density at radius 1 is 0.917 bits per heavy atom. The van der Waals surface area contributed by atoms with Gasteiger partial charge in [-0.05, 0) is 104 Å². The van der Waals surface area contributed by atoms with Gasteiger partial charge < -0.3 is 10.2 Å². The molecule has 0 aliphatic heterocycles. The number of aliphatic hydroxyl groups excluding tert-OH is 1. The van der Waals surface area contributed by atoms with Crippen LogP contribution in [0.4, 0.5) is 0 Å². The van der Waals surface area contributed by atoms with E-state index in [9.17, 15) is 10.2 Å². The average molecular weight is 351 g/mol. The van der Waals surface area contributed by atoms with Gasteiger partial charge in [0.2, 0.25) is 0 Å². The molecule has 24 heavy (non-hydrogen) atoms. The van der Waals surface area contributed by atoms with Crippen molar-refractivity contribution in [3.63, 3.8) is 0 Å². The Morgan fingerprint density at radius 3 is 2.42 bits per heavy atom. The predicted molar refractivity (Wildman–Crippen MR) is 96.3 cm³/mol. The molecule has 0 heterocycles. The van der Waals surface area contributed by atoms with Crippen molar-refractivity contribution in [1.82, 2.24) is 0 Å². The van der Waals surface area contributed by atoms with E-state index in [0.29, 0.717) is 17.3 Å². The lowest BCUT2D eigenvalue weighted by Crippen LogP contribution is -2.56. The van der Waals surface area contributed by atoms with Gasteiger partial charge in [-0.25, -0.2) is 0 Å². The monoisotopic (exact) mass is 350 g/mol. The van der Waals surface area contributed by atoms with E-state index in [1.54, 1.807) is 0 Å². The highest BCUT2D eigenvalue weighted by Crippen LogP contribution is 2.66. The van der Waals surface area contributed by atoms with Crippen LogP contribution in [0.25, 0.3) is 0 Å². The summed E-state index contributed by atoms with van der Waals surface area (Å²) in [4.78, 5) is 0. The summed E-state index contributed by atoms with van der Waals surface area (Å²) in [7, 11) is 0. The van der Waals surface area contributed by atoms with Crippen LogP contribution in [0, 0.1) is 45.8 Å². The van der Waals surface area contributed by atoms with Gasteiger partial charge in [0.05, 0.1) is 6.10 Å². The van der Waals surface area contributed by atoms with E-state index in [0.717, 1.165) is 37.5 Å². The summed E-state index contributed by atoms with van der Waals surface area (Å²) in [6.07, 6.45) is 9.61. The molecule has 4 aliphatic rings. The maximum Gasteiger partial charge on any atom is 0.127 e. The second kappa shape index (κ2) is 5.63. The van der Waals surface area contributed by atoms with Gasteiger partial charge in [0.25, 0.3) is 0 Å². The summed E-state index contributed by atoms with van der Waals surface area (Å²) < 4.78 is 0. The zero-order valence-electron chi connectivity index (χ0n) is 15.0. The third-order valence-corrected chi connectivity index (χ3v) is 9.05. The molecular formula is C21H31ClO2. The van der Waals surface area contributed by atoms with Crippen molar-refractivity contribution in [1.29, 1.82) is 0 Å². The summed E-state index contributed by atoms with van der Waals surface area (Å²) in [6, 6.07) is 0. The molecule has 0 radical (unpaired) electrons. The molecule has 2 N–H and O–H groups in total. The van der Waals surface area contributed by atoms with E-state index >= 15 is 0 Å². The Labute approximate surface area is 151 Å². The topological polar surface area (TPSA) is 40.5 Å². The molecule has 134 valence electrons. The third-order valence-electron chi connectivity index (χ3n) is 8.96. The maximum absolute atomic E-state index is 10.8. The van der Waals surface area contributed by atoms with Crippen molar-refractivity contribution in [2.45, 2.75) is 83.3 Å². The largest absolute Gasteiger partial charge is 0.393 e. The minimum atomic E-state index is -0.870. The Hall–Kier alpha value is -0.230. The molecule has 0 amide bonds. The quantitative estimate of drug-likeness (QED) is 0.639. The highest BCUT2D eigenvalue weighted by atomic mass is 35.5. The number of aliphatic hydroxyl groups is 2. The summed E-state index contributed by atoms with van der Waals surface area (Å²) in [6.45, 7) is 4.83. The van der Waals surface area contributed by atoms with E-state index in [-0.39, 0.29) is 11.5 Å². The first-order valence-electron chi connectivity index (χ1n) is 9.86. The maximum atomic E-state index is 10.8. The first-order valence-corrected chi connectivity index (χ1v) is 10.2. The molecule has 8 atom stereocenters. The number of hydrogen-bond donors (Lipinski definition) is 2. The van der Waals surface area contributed by atoms with Crippen LogP contribution in [0.15, 0.2) is 0 Å². The summed E-state index contributed by atoms with van der Waals surface area (Å²) in [5.41, 5.74) is -0.382. The number of hydrogen-bond acceptors (Lipinski definition) is 2. The van der Waals surface area contributed by atoms with Crippen molar-refractivity contribution < 1.29 is 10.2 Å².